The quantitative estimate of drug-likeness (QED) is 0.395. The molecule has 5 nitrogen and oxygen atoms in total. The van der Waals surface area contributed by atoms with Crippen molar-refractivity contribution >= 4 is 11.6 Å². The van der Waals surface area contributed by atoms with Gasteiger partial charge >= 0.3 is 0 Å². The summed E-state index contributed by atoms with van der Waals surface area (Å²) in [5.74, 6) is 0.447. The molecule has 1 aromatic carbocycles. The Bertz CT molecular complexity index is 606. The Hall–Kier alpha value is -1.98. The third-order valence-corrected chi connectivity index (χ3v) is 3.62. The van der Waals surface area contributed by atoms with Crippen molar-refractivity contribution in [3.05, 3.63) is 41.5 Å². The lowest BCUT2D eigenvalue weighted by molar-refractivity contribution is 0.0431. The van der Waals surface area contributed by atoms with E-state index >= 15 is 0 Å². The van der Waals surface area contributed by atoms with Gasteiger partial charge in [0.2, 0.25) is 0 Å². The normalized spacial score (nSPS) is 14.2. The Labute approximate surface area is 142 Å². The highest BCUT2D eigenvalue weighted by atomic mass is 16.5. The van der Waals surface area contributed by atoms with Crippen LogP contribution in [0.1, 0.15) is 46.9 Å². The molecule has 0 unspecified atom stereocenters. The highest BCUT2D eigenvalue weighted by Gasteiger charge is 2.24. The lowest BCUT2D eigenvalue weighted by Crippen LogP contribution is -2.13. The summed E-state index contributed by atoms with van der Waals surface area (Å²) in [6.45, 7) is 7.87. The Kier molecular flexibility index (Phi) is 7.15. The molecule has 0 atom stereocenters. The van der Waals surface area contributed by atoms with Gasteiger partial charge in [-0.25, -0.2) is 0 Å². The number of ketones is 2. The first kappa shape index (κ1) is 18.4. The van der Waals surface area contributed by atoms with E-state index in [1.807, 2.05) is 6.92 Å². The van der Waals surface area contributed by atoms with E-state index in [2.05, 4.69) is 6.58 Å². The topological polar surface area (TPSA) is 61.8 Å². The first-order valence-electron chi connectivity index (χ1n) is 8.21. The van der Waals surface area contributed by atoms with Gasteiger partial charge in [-0.05, 0) is 19.4 Å². The van der Waals surface area contributed by atoms with E-state index in [0.717, 1.165) is 5.57 Å². The SMILES string of the molecule is C=C(C)COCCOCCOc1cccc2c1C(=O)CCCC2=O. The fraction of sp³-hybridized carbons (Fsp3) is 0.474. The number of fused-ring (bicyclic) bond motifs is 1. The van der Waals surface area contributed by atoms with Crippen LogP contribution in [0.15, 0.2) is 30.4 Å². The van der Waals surface area contributed by atoms with Crippen molar-refractivity contribution in [3.8, 4) is 5.75 Å². The highest BCUT2D eigenvalue weighted by molar-refractivity contribution is 6.12. The maximum atomic E-state index is 12.2. The summed E-state index contributed by atoms with van der Waals surface area (Å²) in [5, 5.41) is 0. The molecule has 0 bridgehead atoms. The maximum Gasteiger partial charge on any atom is 0.167 e. The Balaban J connectivity index is 1.81. The van der Waals surface area contributed by atoms with Gasteiger partial charge in [0, 0.05) is 18.4 Å². The number of hydrogen-bond acceptors (Lipinski definition) is 5. The van der Waals surface area contributed by atoms with E-state index in [1.165, 1.54) is 0 Å². The molecule has 0 N–H and O–H groups in total. The molecule has 0 fully saturated rings. The minimum absolute atomic E-state index is 0.00668. The summed E-state index contributed by atoms with van der Waals surface area (Å²) in [7, 11) is 0. The van der Waals surface area contributed by atoms with Crippen molar-refractivity contribution in [1.82, 2.24) is 0 Å². The third kappa shape index (κ3) is 5.28. The molecule has 0 aliphatic heterocycles. The van der Waals surface area contributed by atoms with Crippen molar-refractivity contribution in [2.24, 2.45) is 0 Å². The van der Waals surface area contributed by atoms with Crippen LogP contribution >= 0.6 is 0 Å². The van der Waals surface area contributed by atoms with Gasteiger partial charge in [-0.15, -0.1) is 0 Å². The van der Waals surface area contributed by atoms with Crippen molar-refractivity contribution in [2.45, 2.75) is 26.2 Å². The molecule has 130 valence electrons. The number of rotatable bonds is 9. The fourth-order valence-electron chi connectivity index (χ4n) is 2.52. The Morgan fingerprint density at radius 2 is 1.75 bits per heavy atom. The standard InChI is InChI=1S/C19H24O5/c1-14(2)13-23-10-9-22-11-12-24-18-8-3-5-15-16(20)6-4-7-17(21)19(15)18/h3,5,8H,1,4,6-7,9-13H2,2H3. The number of hydrogen-bond donors (Lipinski definition) is 0. The largest absolute Gasteiger partial charge is 0.490 e. The van der Waals surface area contributed by atoms with E-state index in [4.69, 9.17) is 14.2 Å². The summed E-state index contributed by atoms with van der Waals surface area (Å²) in [4.78, 5) is 24.3. The molecular weight excluding hydrogens is 308 g/mol. The lowest BCUT2D eigenvalue weighted by atomic mass is 10.0. The van der Waals surface area contributed by atoms with Gasteiger partial charge in [-0.3, -0.25) is 9.59 Å². The Morgan fingerprint density at radius 3 is 2.54 bits per heavy atom. The van der Waals surface area contributed by atoms with Gasteiger partial charge in [-0.1, -0.05) is 24.3 Å². The van der Waals surface area contributed by atoms with Crippen LogP contribution in [0.3, 0.4) is 0 Å². The van der Waals surface area contributed by atoms with Crippen molar-refractivity contribution in [1.29, 1.82) is 0 Å². The first-order valence-corrected chi connectivity index (χ1v) is 8.21. The molecule has 1 aliphatic carbocycles. The van der Waals surface area contributed by atoms with Crippen LogP contribution in [0.5, 0.6) is 5.75 Å². The zero-order chi connectivity index (χ0) is 17.4. The van der Waals surface area contributed by atoms with Crippen molar-refractivity contribution in [2.75, 3.05) is 33.0 Å². The van der Waals surface area contributed by atoms with Crippen molar-refractivity contribution < 1.29 is 23.8 Å². The van der Waals surface area contributed by atoms with Crippen LogP contribution in [0.25, 0.3) is 0 Å². The lowest BCUT2D eigenvalue weighted by Gasteiger charge is -2.12. The molecule has 0 aromatic heterocycles. The zero-order valence-corrected chi connectivity index (χ0v) is 14.1. The maximum absolute atomic E-state index is 12.2. The molecular formula is C19H24O5. The van der Waals surface area contributed by atoms with E-state index < -0.39 is 0 Å². The molecule has 24 heavy (non-hydrogen) atoms. The molecule has 1 aliphatic rings. The van der Waals surface area contributed by atoms with Crippen LogP contribution in [0.4, 0.5) is 0 Å². The van der Waals surface area contributed by atoms with Crippen LogP contribution in [0.2, 0.25) is 0 Å². The number of Topliss-reactive ketones (excluding diaryl/α,β-unsaturated/α-hetero) is 2. The van der Waals surface area contributed by atoms with E-state index in [-0.39, 0.29) is 11.6 Å². The smallest absolute Gasteiger partial charge is 0.167 e. The molecule has 0 amide bonds. The van der Waals surface area contributed by atoms with Crippen molar-refractivity contribution in [3.63, 3.8) is 0 Å². The molecule has 1 aromatic rings. The molecule has 0 saturated heterocycles. The second kappa shape index (κ2) is 9.35. The summed E-state index contributed by atoms with van der Waals surface area (Å²) < 4.78 is 16.4. The predicted molar refractivity (Wildman–Crippen MR) is 90.9 cm³/mol. The second-order valence-electron chi connectivity index (χ2n) is 5.85. The van der Waals surface area contributed by atoms with Gasteiger partial charge < -0.3 is 14.2 Å². The third-order valence-electron chi connectivity index (χ3n) is 3.62. The predicted octanol–water partition coefficient (Wildman–Crippen LogP) is 3.22. The molecule has 0 radical (unpaired) electrons. The molecule has 0 heterocycles. The Morgan fingerprint density at radius 1 is 1.04 bits per heavy atom. The van der Waals surface area contributed by atoms with Gasteiger partial charge in [0.25, 0.3) is 0 Å². The van der Waals surface area contributed by atoms with Gasteiger partial charge in [0.05, 0.1) is 32.0 Å². The number of ether oxygens (including phenoxy) is 3. The minimum atomic E-state index is -0.0273. The summed E-state index contributed by atoms with van der Waals surface area (Å²) in [6, 6.07) is 5.17. The summed E-state index contributed by atoms with van der Waals surface area (Å²) in [6.07, 6.45) is 1.39. The van der Waals surface area contributed by atoms with Gasteiger partial charge in [-0.2, -0.15) is 0 Å². The molecule has 5 heteroatoms. The second-order valence-corrected chi connectivity index (χ2v) is 5.85. The summed E-state index contributed by atoms with van der Waals surface area (Å²) in [5.41, 5.74) is 1.87. The fourth-order valence-corrected chi connectivity index (χ4v) is 2.52. The monoisotopic (exact) mass is 332 g/mol. The minimum Gasteiger partial charge on any atom is -0.490 e. The van der Waals surface area contributed by atoms with Gasteiger partial charge in [0.1, 0.15) is 12.4 Å². The average Bonchev–Trinajstić information content (AvgIpc) is 2.70. The van der Waals surface area contributed by atoms with Crippen LogP contribution < -0.4 is 4.74 Å². The average molecular weight is 332 g/mol. The summed E-state index contributed by atoms with van der Waals surface area (Å²) >= 11 is 0. The van der Waals surface area contributed by atoms with E-state index in [1.54, 1.807) is 18.2 Å². The first-order chi connectivity index (χ1) is 11.6. The van der Waals surface area contributed by atoms with Crippen LogP contribution in [0, 0.1) is 0 Å². The number of carbonyl (C=O) groups excluding carboxylic acids is 2. The highest BCUT2D eigenvalue weighted by Crippen LogP contribution is 2.28. The van der Waals surface area contributed by atoms with Gasteiger partial charge in [0.15, 0.2) is 11.6 Å². The number of benzene rings is 1. The van der Waals surface area contributed by atoms with E-state index in [0.29, 0.717) is 69.2 Å². The number of carbonyl (C=O) groups is 2. The molecule has 0 spiro atoms. The molecule has 0 saturated carbocycles. The van der Waals surface area contributed by atoms with Crippen LogP contribution in [-0.2, 0) is 9.47 Å². The molecule has 2 rings (SSSR count). The zero-order valence-electron chi connectivity index (χ0n) is 14.1. The van der Waals surface area contributed by atoms with E-state index in [9.17, 15) is 9.59 Å². The van der Waals surface area contributed by atoms with Crippen LogP contribution in [-0.4, -0.2) is 44.6 Å².